The highest BCUT2D eigenvalue weighted by molar-refractivity contribution is 7.80. The molecule has 190 valence electrons. The van der Waals surface area contributed by atoms with Crippen molar-refractivity contribution in [1.29, 1.82) is 0 Å². The molecule has 0 spiro atoms. The largest absolute Gasteiger partial charge is 0.143 e. The van der Waals surface area contributed by atoms with Crippen molar-refractivity contribution in [2.24, 2.45) is 0 Å². The molecule has 0 aliphatic rings. The second kappa shape index (κ2) is 10.7. The van der Waals surface area contributed by atoms with Crippen LogP contribution in [0.5, 0.6) is 0 Å². The lowest BCUT2D eigenvalue weighted by atomic mass is 9.67. The maximum Gasteiger partial charge on any atom is 0.0445 e. The first-order valence-electron chi connectivity index (χ1n) is 12.8. The summed E-state index contributed by atoms with van der Waals surface area (Å²) >= 11 is 14.6. The van der Waals surface area contributed by atoms with E-state index in [-0.39, 0.29) is 5.41 Å². The molecule has 3 heteroatoms. The molecule has 0 aliphatic heterocycles. The lowest BCUT2D eigenvalue weighted by Gasteiger charge is -2.36. The Hall–Kier alpha value is -2.85. The van der Waals surface area contributed by atoms with E-state index in [1.165, 1.54) is 27.8 Å². The average molecular weight is 549 g/mol. The van der Waals surface area contributed by atoms with Crippen LogP contribution in [-0.4, -0.2) is 0 Å². The van der Waals surface area contributed by atoms with Gasteiger partial charge in [-0.25, -0.2) is 0 Å². The molecule has 38 heavy (non-hydrogen) atoms. The molecular formula is C35H32S3. The molecule has 0 aliphatic carbocycles. The van der Waals surface area contributed by atoms with Gasteiger partial charge in [-0.15, -0.1) is 37.9 Å². The van der Waals surface area contributed by atoms with E-state index in [0.717, 1.165) is 25.8 Å². The van der Waals surface area contributed by atoms with E-state index in [1.54, 1.807) is 0 Å². The molecule has 5 aromatic rings. The van der Waals surface area contributed by atoms with Crippen LogP contribution in [0.2, 0.25) is 0 Å². The summed E-state index contributed by atoms with van der Waals surface area (Å²) in [5, 5.41) is 0. The first-order valence-corrected chi connectivity index (χ1v) is 14.1. The molecule has 0 saturated heterocycles. The minimum atomic E-state index is -0.435. The Morgan fingerprint density at radius 1 is 0.395 bits per heavy atom. The predicted molar refractivity (Wildman–Crippen MR) is 170 cm³/mol. The van der Waals surface area contributed by atoms with Crippen LogP contribution in [0, 0.1) is 6.92 Å². The van der Waals surface area contributed by atoms with Crippen molar-refractivity contribution in [3.05, 3.63) is 160 Å². The van der Waals surface area contributed by atoms with Crippen LogP contribution in [-0.2, 0) is 10.8 Å². The molecule has 0 amide bonds. The van der Waals surface area contributed by atoms with Crippen LogP contribution < -0.4 is 0 Å². The van der Waals surface area contributed by atoms with Crippen LogP contribution in [0.1, 0.15) is 52.8 Å². The molecule has 0 N–H and O–H groups in total. The molecule has 1 atom stereocenters. The van der Waals surface area contributed by atoms with E-state index in [0.29, 0.717) is 0 Å². The van der Waals surface area contributed by atoms with Gasteiger partial charge in [0, 0.05) is 25.5 Å². The number of hydrogen-bond acceptors (Lipinski definition) is 3. The fraction of sp³-hybridized carbons (Fsp3) is 0.143. The van der Waals surface area contributed by atoms with Gasteiger partial charge in [0.25, 0.3) is 0 Å². The normalized spacial score (nSPS) is 13.2. The molecule has 5 aromatic carbocycles. The van der Waals surface area contributed by atoms with Crippen LogP contribution in [0.4, 0.5) is 0 Å². The Labute approximate surface area is 243 Å². The maximum absolute atomic E-state index is 4.89. The van der Waals surface area contributed by atoms with Crippen molar-refractivity contribution >= 4 is 37.9 Å². The second-order valence-electron chi connectivity index (χ2n) is 10.2. The Balaban J connectivity index is 1.73. The molecule has 0 saturated carbocycles. The zero-order chi connectivity index (χ0) is 26.9. The first-order chi connectivity index (χ1) is 18.3. The van der Waals surface area contributed by atoms with Gasteiger partial charge in [-0.2, -0.15) is 0 Å². The molecule has 1 unspecified atom stereocenters. The topological polar surface area (TPSA) is 0 Å². The molecule has 5 rings (SSSR count). The summed E-state index contributed by atoms with van der Waals surface area (Å²) in [5.74, 6) is 0. The van der Waals surface area contributed by atoms with Gasteiger partial charge in [-0.05, 0) is 77.9 Å². The minimum Gasteiger partial charge on any atom is -0.143 e. The van der Waals surface area contributed by atoms with Crippen molar-refractivity contribution in [3.63, 3.8) is 0 Å². The fourth-order valence-electron chi connectivity index (χ4n) is 5.87. The van der Waals surface area contributed by atoms with Crippen LogP contribution >= 0.6 is 37.9 Å². The quantitative estimate of drug-likeness (QED) is 0.137. The highest BCUT2D eigenvalue weighted by Crippen LogP contribution is 2.46. The van der Waals surface area contributed by atoms with Crippen LogP contribution in [0.15, 0.2) is 136 Å². The lowest BCUT2D eigenvalue weighted by molar-refractivity contribution is 0.653. The lowest BCUT2D eigenvalue weighted by Crippen LogP contribution is -2.29. The van der Waals surface area contributed by atoms with E-state index in [4.69, 9.17) is 37.9 Å². The second-order valence-corrected chi connectivity index (χ2v) is 11.6. The van der Waals surface area contributed by atoms with Crippen molar-refractivity contribution in [2.45, 2.75) is 46.3 Å². The monoisotopic (exact) mass is 548 g/mol. The summed E-state index contributed by atoms with van der Waals surface area (Å²) < 4.78 is 0. The third-order valence-corrected chi connectivity index (χ3v) is 9.22. The van der Waals surface area contributed by atoms with E-state index in [9.17, 15) is 0 Å². The van der Waals surface area contributed by atoms with Gasteiger partial charge in [0.1, 0.15) is 0 Å². The summed E-state index contributed by atoms with van der Waals surface area (Å²) in [6.07, 6.45) is 0. The SMILES string of the molecule is Cc1ccccc1C(C)(c1ccc(C(C)(c2ccccc2S)c2ccccc2S)cc1)c1ccccc1S. The third-order valence-electron chi connectivity index (χ3n) is 8.05. The van der Waals surface area contributed by atoms with Crippen LogP contribution in [0.25, 0.3) is 0 Å². The minimum absolute atomic E-state index is 0.373. The number of hydrogen-bond donors (Lipinski definition) is 3. The van der Waals surface area contributed by atoms with Gasteiger partial charge in [0.2, 0.25) is 0 Å². The van der Waals surface area contributed by atoms with Gasteiger partial charge < -0.3 is 0 Å². The van der Waals surface area contributed by atoms with Gasteiger partial charge >= 0.3 is 0 Å². The summed E-state index contributed by atoms with van der Waals surface area (Å²) in [6.45, 7) is 6.77. The summed E-state index contributed by atoms with van der Waals surface area (Å²) in [4.78, 5) is 2.91. The highest BCUT2D eigenvalue weighted by atomic mass is 32.1. The Kier molecular flexibility index (Phi) is 7.55. The van der Waals surface area contributed by atoms with E-state index in [1.807, 2.05) is 18.2 Å². The van der Waals surface area contributed by atoms with E-state index in [2.05, 4.69) is 124 Å². The van der Waals surface area contributed by atoms with Gasteiger partial charge in [-0.3, -0.25) is 0 Å². The summed E-state index contributed by atoms with van der Waals surface area (Å²) in [7, 11) is 0. The standard InChI is InChI=1S/C35H32S3/c1-24-12-4-5-13-27(24)34(2,28-14-6-9-17-31(28)36)25-20-22-26(23-21-25)35(3,29-15-7-10-18-32(29)37)30-16-8-11-19-33(30)38/h4-23,36-38H,1-3H3. The smallest absolute Gasteiger partial charge is 0.0445 e. The average Bonchev–Trinajstić information content (AvgIpc) is 2.93. The summed E-state index contributed by atoms with van der Waals surface area (Å²) in [5.41, 5.74) is 7.63. The van der Waals surface area contributed by atoms with E-state index >= 15 is 0 Å². The number of benzene rings is 5. The van der Waals surface area contributed by atoms with Gasteiger partial charge in [-0.1, -0.05) is 103 Å². The molecule has 0 heterocycles. The zero-order valence-corrected chi connectivity index (χ0v) is 24.6. The Morgan fingerprint density at radius 3 is 1.03 bits per heavy atom. The highest BCUT2D eigenvalue weighted by Gasteiger charge is 2.37. The fourth-order valence-corrected chi connectivity index (χ4v) is 7.02. The van der Waals surface area contributed by atoms with Gasteiger partial charge in [0.05, 0.1) is 0 Å². The molecule has 0 bridgehead atoms. The molecule has 0 fully saturated rings. The van der Waals surface area contributed by atoms with E-state index < -0.39 is 5.41 Å². The van der Waals surface area contributed by atoms with Crippen molar-refractivity contribution in [1.82, 2.24) is 0 Å². The van der Waals surface area contributed by atoms with Crippen LogP contribution in [0.3, 0.4) is 0 Å². The van der Waals surface area contributed by atoms with Gasteiger partial charge in [0.15, 0.2) is 0 Å². The van der Waals surface area contributed by atoms with Crippen molar-refractivity contribution in [2.75, 3.05) is 0 Å². The molecule has 0 radical (unpaired) electrons. The van der Waals surface area contributed by atoms with Crippen molar-refractivity contribution < 1.29 is 0 Å². The maximum atomic E-state index is 4.89. The van der Waals surface area contributed by atoms with Crippen molar-refractivity contribution in [3.8, 4) is 0 Å². The zero-order valence-electron chi connectivity index (χ0n) is 21.9. The Bertz CT molecular complexity index is 1370. The summed E-state index contributed by atoms with van der Waals surface area (Å²) in [6, 6.07) is 42.9. The third kappa shape index (κ3) is 4.51. The molecular weight excluding hydrogens is 517 g/mol. The number of aryl methyl sites for hydroxylation is 1. The molecule has 0 aromatic heterocycles. The first kappa shape index (κ1) is 26.7. The molecule has 0 nitrogen and oxygen atoms in total. The predicted octanol–water partition coefficient (Wildman–Crippen LogP) is 9.57. The number of thiol groups is 3. The Morgan fingerprint density at radius 2 is 0.684 bits per heavy atom. The number of rotatable bonds is 6.